The van der Waals surface area contributed by atoms with Crippen molar-refractivity contribution in [3.63, 3.8) is 0 Å². The summed E-state index contributed by atoms with van der Waals surface area (Å²) in [6.45, 7) is 5.26. The lowest BCUT2D eigenvalue weighted by Gasteiger charge is -2.06. The Hall–Kier alpha value is -0.440. The van der Waals surface area contributed by atoms with Gasteiger partial charge in [-0.2, -0.15) is 0 Å². The molecule has 0 spiro atoms. The van der Waals surface area contributed by atoms with Gasteiger partial charge in [-0.1, -0.05) is 36.5 Å². The van der Waals surface area contributed by atoms with Crippen LogP contribution in [0.5, 0.6) is 5.75 Å². The summed E-state index contributed by atoms with van der Waals surface area (Å²) < 4.78 is 5.59. The van der Waals surface area contributed by atoms with Gasteiger partial charge in [-0.15, -0.1) is 0 Å². The van der Waals surface area contributed by atoms with E-state index in [0.717, 1.165) is 25.3 Å². The van der Waals surface area contributed by atoms with E-state index < -0.39 is 0 Å². The van der Waals surface area contributed by atoms with Crippen molar-refractivity contribution >= 4 is 23.2 Å². The molecule has 0 bridgehead atoms. The van der Waals surface area contributed by atoms with Crippen LogP contribution in [0, 0.1) is 0 Å². The summed E-state index contributed by atoms with van der Waals surface area (Å²) in [5.74, 6) is 0.785. The Bertz CT molecular complexity index is 331. The molecule has 1 rings (SSSR count). The number of quaternary nitrogens is 1. The second-order valence-corrected chi connectivity index (χ2v) is 4.81. The highest BCUT2D eigenvalue weighted by molar-refractivity contribution is 6.42. The van der Waals surface area contributed by atoms with E-state index in [2.05, 4.69) is 12.2 Å². The largest absolute Gasteiger partial charge is 0.493 e. The lowest BCUT2D eigenvalue weighted by Crippen LogP contribution is -2.84. The van der Waals surface area contributed by atoms with Crippen LogP contribution in [-0.2, 0) is 0 Å². The van der Waals surface area contributed by atoms with Gasteiger partial charge in [-0.05, 0) is 18.6 Å². The third-order valence-corrected chi connectivity index (χ3v) is 3.21. The molecule has 0 fully saturated rings. The Morgan fingerprint density at radius 3 is 2.59 bits per heavy atom. The fourth-order valence-corrected chi connectivity index (χ4v) is 1.77. The van der Waals surface area contributed by atoms with Crippen LogP contribution in [0.15, 0.2) is 18.2 Å². The van der Waals surface area contributed by atoms with Crippen molar-refractivity contribution in [3.8, 4) is 5.75 Å². The molecule has 0 aromatic heterocycles. The highest BCUT2D eigenvalue weighted by Gasteiger charge is 2.00. The molecule has 0 aliphatic heterocycles. The summed E-state index contributed by atoms with van der Waals surface area (Å²) in [5, 5.41) is 3.44. The minimum atomic E-state index is 0.540. The SMILES string of the molecule is CCCC[NH2+]CCCOc1ccc(Cl)c(Cl)c1. The molecule has 0 saturated heterocycles. The highest BCUT2D eigenvalue weighted by Crippen LogP contribution is 2.26. The number of rotatable bonds is 8. The quantitative estimate of drug-likeness (QED) is 0.726. The Morgan fingerprint density at radius 2 is 1.88 bits per heavy atom. The summed E-state index contributed by atoms with van der Waals surface area (Å²) in [6.07, 6.45) is 3.59. The molecule has 0 amide bonds. The summed E-state index contributed by atoms with van der Waals surface area (Å²) in [6, 6.07) is 5.35. The first kappa shape index (κ1) is 14.6. The van der Waals surface area contributed by atoms with Gasteiger partial charge in [0, 0.05) is 12.5 Å². The van der Waals surface area contributed by atoms with E-state index in [1.54, 1.807) is 12.1 Å². The molecule has 96 valence electrons. The molecule has 0 heterocycles. The minimum Gasteiger partial charge on any atom is -0.493 e. The summed E-state index contributed by atoms with van der Waals surface area (Å²) in [4.78, 5) is 0. The van der Waals surface area contributed by atoms with Gasteiger partial charge in [-0.3, -0.25) is 0 Å². The van der Waals surface area contributed by atoms with Crippen molar-refractivity contribution in [3.05, 3.63) is 28.2 Å². The monoisotopic (exact) mass is 276 g/mol. The molecule has 0 aliphatic rings. The number of halogens is 2. The molecule has 2 nitrogen and oxygen atoms in total. The van der Waals surface area contributed by atoms with E-state index in [9.17, 15) is 0 Å². The molecule has 0 aliphatic carbocycles. The molecule has 0 atom stereocenters. The van der Waals surface area contributed by atoms with Gasteiger partial charge in [0.1, 0.15) is 5.75 Å². The fraction of sp³-hybridized carbons (Fsp3) is 0.538. The summed E-state index contributed by atoms with van der Waals surface area (Å²) in [7, 11) is 0. The second kappa shape index (κ2) is 8.62. The lowest BCUT2D eigenvalue weighted by atomic mass is 10.3. The van der Waals surface area contributed by atoms with Gasteiger partial charge in [0.2, 0.25) is 0 Å². The van der Waals surface area contributed by atoms with Crippen LogP contribution in [0.4, 0.5) is 0 Å². The smallest absolute Gasteiger partial charge is 0.120 e. The summed E-state index contributed by atoms with van der Waals surface area (Å²) in [5.41, 5.74) is 0. The van der Waals surface area contributed by atoms with Crippen molar-refractivity contribution in [2.24, 2.45) is 0 Å². The van der Waals surface area contributed by atoms with Crippen molar-refractivity contribution in [1.82, 2.24) is 0 Å². The predicted octanol–water partition coefficient (Wildman–Crippen LogP) is 3.13. The normalized spacial score (nSPS) is 10.5. The van der Waals surface area contributed by atoms with Crippen molar-refractivity contribution in [2.75, 3.05) is 19.7 Å². The Morgan fingerprint density at radius 1 is 1.12 bits per heavy atom. The lowest BCUT2D eigenvalue weighted by molar-refractivity contribution is -0.655. The molecule has 1 aromatic rings. The first-order valence-electron chi connectivity index (χ1n) is 6.13. The van der Waals surface area contributed by atoms with Crippen LogP contribution in [0.2, 0.25) is 10.0 Å². The number of benzene rings is 1. The molecule has 0 unspecified atom stereocenters. The number of hydrogen-bond donors (Lipinski definition) is 1. The van der Waals surface area contributed by atoms with Crippen LogP contribution >= 0.6 is 23.2 Å². The van der Waals surface area contributed by atoms with Crippen molar-refractivity contribution in [2.45, 2.75) is 26.2 Å². The first-order valence-corrected chi connectivity index (χ1v) is 6.89. The van der Waals surface area contributed by atoms with Crippen LogP contribution in [0.1, 0.15) is 26.2 Å². The van der Waals surface area contributed by atoms with E-state index in [1.165, 1.54) is 19.4 Å². The van der Waals surface area contributed by atoms with Gasteiger partial charge >= 0.3 is 0 Å². The fourth-order valence-electron chi connectivity index (χ4n) is 1.48. The van der Waals surface area contributed by atoms with Gasteiger partial charge in [0.25, 0.3) is 0 Å². The first-order chi connectivity index (χ1) is 8.24. The minimum absolute atomic E-state index is 0.540. The molecule has 1 aromatic carbocycles. The molecule has 4 heteroatoms. The van der Waals surface area contributed by atoms with Gasteiger partial charge in [0.05, 0.1) is 29.7 Å². The van der Waals surface area contributed by atoms with Crippen molar-refractivity contribution < 1.29 is 10.1 Å². The highest BCUT2D eigenvalue weighted by atomic mass is 35.5. The maximum Gasteiger partial charge on any atom is 0.120 e. The number of hydrogen-bond acceptors (Lipinski definition) is 1. The zero-order chi connectivity index (χ0) is 12.5. The Balaban J connectivity index is 2.11. The number of unbranched alkanes of at least 4 members (excludes halogenated alkanes) is 1. The average molecular weight is 277 g/mol. The van der Waals surface area contributed by atoms with Crippen LogP contribution < -0.4 is 10.1 Å². The topological polar surface area (TPSA) is 25.8 Å². The average Bonchev–Trinajstić information content (AvgIpc) is 2.32. The van der Waals surface area contributed by atoms with Crippen LogP contribution in [0.25, 0.3) is 0 Å². The van der Waals surface area contributed by atoms with E-state index >= 15 is 0 Å². The maximum atomic E-state index is 5.89. The molecule has 17 heavy (non-hydrogen) atoms. The van der Waals surface area contributed by atoms with E-state index in [0.29, 0.717) is 10.0 Å². The third kappa shape index (κ3) is 6.16. The zero-order valence-corrected chi connectivity index (χ0v) is 11.7. The maximum absolute atomic E-state index is 5.89. The van der Waals surface area contributed by atoms with Crippen LogP contribution in [0.3, 0.4) is 0 Å². The predicted molar refractivity (Wildman–Crippen MR) is 73.1 cm³/mol. The number of ether oxygens (including phenoxy) is 1. The van der Waals surface area contributed by atoms with Gasteiger partial charge in [0.15, 0.2) is 0 Å². The zero-order valence-electron chi connectivity index (χ0n) is 10.2. The van der Waals surface area contributed by atoms with Crippen LogP contribution in [-0.4, -0.2) is 19.7 Å². The molecular weight excluding hydrogens is 257 g/mol. The molecule has 0 radical (unpaired) electrons. The third-order valence-electron chi connectivity index (χ3n) is 2.47. The van der Waals surface area contributed by atoms with Gasteiger partial charge in [-0.25, -0.2) is 0 Å². The van der Waals surface area contributed by atoms with Gasteiger partial charge < -0.3 is 10.1 Å². The second-order valence-electron chi connectivity index (χ2n) is 4.00. The molecular formula is C13H20Cl2NO+. The van der Waals surface area contributed by atoms with E-state index in [1.807, 2.05) is 6.07 Å². The standard InChI is InChI=1S/C13H19Cl2NO/c1-2-3-7-16-8-4-9-17-11-5-6-12(14)13(15)10-11/h5-6,10,16H,2-4,7-9H2,1H3/p+1. The van der Waals surface area contributed by atoms with E-state index in [4.69, 9.17) is 27.9 Å². The summed E-state index contributed by atoms with van der Waals surface area (Å²) >= 11 is 11.7. The Kier molecular flexibility index (Phi) is 7.41. The van der Waals surface area contributed by atoms with Crippen molar-refractivity contribution in [1.29, 1.82) is 0 Å². The molecule has 2 N–H and O–H groups in total. The number of nitrogens with two attached hydrogens (primary N) is 1. The molecule has 0 saturated carbocycles. The van der Waals surface area contributed by atoms with E-state index in [-0.39, 0.29) is 0 Å². The Labute approximate surface area is 113 Å².